The van der Waals surface area contributed by atoms with E-state index in [2.05, 4.69) is 43.5 Å². The number of hydrogen-bond donors (Lipinski definition) is 3. The molecule has 0 bridgehead atoms. The SMILES string of the molecule is CCN(CCNC(=O)c1cc(Br)cnc1NN)C1CC1. The number of nitrogen functional groups attached to an aromatic ring is 1. The Bertz CT molecular complexity index is 478. The van der Waals surface area contributed by atoms with Gasteiger partial charge in [-0.15, -0.1) is 0 Å². The van der Waals surface area contributed by atoms with E-state index in [4.69, 9.17) is 5.84 Å². The number of likely N-dealkylation sites (N-methyl/N-ethyl adjacent to an activating group) is 1. The van der Waals surface area contributed by atoms with Crippen molar-refractivity contribution in [1.29, 1.82) is 0 Å². The molecule has 0 saturated heterocycles. The van der Waals surface area contributed by atoms with Gasteiger partial charge in [-0.2, -0.15) is 0 Å². The van der Waals surface area contributed by atoms with Gasteiger partial charge in [-0.3, -0.25) is 9.69 Å². The topological polar surface area (TPSA) is 83.3 Å². The molecule has 1 aromatic rings. The van der Waals surface area contributed by atoms with Crippen molar-refractivity contribution in [3.63, 3.8) is 0 Å². The predicted molar refractivity (Wildman–Crippen MR) is 82.3 cm³/mol. The molecule has 4 N–H and O–H groups in total. The van der Waals surface area contributed by atoms with Crippen molar-refractivity contribution >= 4 is 27.7 Å². The molecular formula is C13H20BrN5O. The van der Waals surface area contributed by atoms with Gasteiger partial charge < -0.3 is 10.7 Å². The Morgan fingerprint density at radius 2 is 2.35 bits per heavy atom. The first-order valence-corrected chi connectivity index (χ1v) is 7.59. The number of aromatic nitrogens is 1. The molecule has 1 saturated carbocycles. The lowest BCUT2D eigenvalue weighted by Gasteiger charge is -2.19. The van der Waals surface area contributed by atoms with Crippen LogP contribution >= 0.6 is 15.9 Å². The van der Waals surface area contributed by atoms with E-state index in [0.717, 1.165) is 17.6 Å². The Kier molecular flexibility index (Phi) is 5.33. The minimum absolute atomic E-state index is 0.168. The average molecular weight is 342 g/mol. The van der Waals surface area contributed by atoms with Crippen molar-refractivity contribution in [2.75, 3.05) is 25.1 Å². The molecule has 20 heavy (non-hydrogen) atoms. The highest BCUT2D eigenvalue weighted by Crippen LogP contribution is 2.25. The third-order valence-corrected chi connectivity index (χ3v) is 3.82. The Morgan fingerprint density at radius 3 is 2.95 bits per heavy atom. The smallest absolute Gasteiger partial charge is 0.255 e. The van der Waals surface area contributed by atoms with Crippen LogP contribution in [0.4, 0.5) is 5.82 Å². The first kappa shape index (κ1) is 15.2. The monoisotopic (exact) mass is 341 g/mol. The summed E-state index contributed by atoms with van der Waals surface area (Å²) in [6, 6.07) is 2.42. The van der Waals surface area contributed by atoms with Crippen molar-refractivity contribution in [2.45, 2.75) is 25.8 Å². The molecule has 0 aliphatic heterocycles. The van der Waals surface area contributed by atoms with E-state index in [-0.39, 0.29) is 5.91 Å². The van der Waals surface area contributed by atoms with E-state index in [1.807, 2.05) is 0 Å². The predicted octanol–water partition coefficient (Wildman–Crippen LogP) is 1.34. The van der Waals surface area contributed by atoms with E-state index in [9.17, 15) is 4.79 Å². The van der Waals surface area contributed by atoms with E-state index < -0.39 is 0 Å². The van der Waals surface area contributed by atoms with E-state index in [0.29, 0.717) is 24.0 Å². The van der Waals surface area contributed by atoms with Crippen molar-refractivity contribution < 1.29 is 4.79 Å². The fraction of sp³-hybridized carbons (Fsp3) is 0.538. The number of amides is 1. The second-order valence-electron chi connectivity index (χ2n) is 4.81. The quantitative estimate of drug-likeness (QED) is 0.515. The number of anilines is 1. The number of nitrogens with two attached hydrogens (primary N) is 1. The Morgan fingerprint density at radius 1 is 1.60 bits per heavy atom. The summed E-state index contributed by atoms with van der Waals surface area (Å²) in [4.78, 5) is 18.6. The minimum atomic E-state index is -0.168. The number of nitrogens with zero attached hydrogens (tertiary/aromatic N) is 2. The molecule has 1 aromatic heterocycles. The summed E-state index contributed by atoms with van der Waals surface area (Å²) in [7, 11) is 0. The summed E-state index contributed by atoms with van der Waals surface area (Å²) in [5, 5.41) is 2.91. The maximum absolute atomic E-state index is 12.1. The van der Waals surface area contributed by atoms with Crippen LogP contribution in [0.25, 0.3) is 0 Å². The minimum Gasteiger partial charge on any atom is -0.351 e. The summed E-state index contributed by atoms with van der Waals surface area (Å²) in [6.07, 6.45) is 4.15. The van der Waals surface area contributed by atoms with Gasteiger partial charge >= 0.3 is 0 Å². The van der Waals surface area contributed by atoms with E-state index >= 15 is 0 Å². The molecular weight excluding hydrogens is 322 g/mol. The molecule has 1 aliphatic rings. The highest BCUT2D eigenvalue weighted by Gasteiger charge is 2.27. The zero-order chi connectivity index (χ0) is 14.5. The third-order valence-electron chi connectivity index (χ3n) is 3.39. The fourth-order valence-corrected chi connectivity index (χ4v) is 2.51. The number of hydrazine groups is 1. The second kappa shape index (κ2) is 7.01. The average Bonchev–Trinajstić information content (AvgIpc) is 3.28. The fourth-order valence-electron chi connectivity index (χ4n) is 2.17. The number of hydrogen-bond acceptors (Lipinski definition) is 5. The first-order valence-electron chi connectivity index (χ1n) is 6.80. The van der Waals surface area contributed by atoms with Crippen LogP contribution in [0.15, 0.2) is 16.7 Å². The van der Waals surface area contributed by atoms with Crippen LogP contribution in [0.1, 0.15) is 30.1 Å². The standard InChI is InChI=1S/C13H20BrN5O/c1-2-19(10-3-4-10)6-5-16-13(20)11-7-9(14)8-17-12(11)18-15/h7-8,10H,2-6,15H2,1H3,(H,16,20)(H,17,18). The van der Waals surface area contributed by atoms with Crippen LogP contribution in [0.2, 0.25) is 0 Å². The largest absolute Gasteiger partial charge is 0.351 e. The van der Waals surface area contributed by atoms with Gasteiger partial charge in [0.15, 0.2) is 5.82 Å². The Balaban J connectivity index is 1.89. The highest BCUT2D eigenvalue weighted by atomic mass is 79.9. The first-order chi connectivity index (χ1) is 9.65. The normalized spacial score (nSPS) is 14.4. The maximum Gasteiger partial charge on any atom is 0.255 e. The van der Waals surface area contributed by atoms with Crippen LogP contribution in [0, 0.1) is 0 Å². The van der Waals surface area contributed by atoms with E-state index in [1.54, 1.807) is 12.3 Å². The number of halogens is 1. The molecule has 6 nitrogen and oxygen atoms in total. The molecule has 1 fully saturated rings. The molecule has 7 heteroatoms. The summed E-state index contributed by atoms with van der Waals surface area (Å²) < 4.78 is 0.745. The molecule has 0 atom stereocenters. The van der Waals surface area contributed by atoms with Crippen LogP contribution in [0.5, 0.6) is 0 Å². The molecule has 1 aliphatic carbocycles. The van der Waals surface area contributed by atoms with Gasteiger partial charge in [0.1, 0.15) is 0 Å². The number of nitrogens with one attached hydrogen (secondary N) is 2. The summed E-state index contributed by atoms with van der Waals surface area (Å²) >= 11 is 3.30. The summed E-state index contributed by atoms with van der Waals surface area (Å²) in [5.74, 6) is 5.58. The maximum atomic E-state index is 12.1. The summed E-state index contributed by atoms with van der Waals surface area (Å²) in [6.45, 7) is 4.67. The molecule has 110 valence electrons. The molecule has 1 amide bonds. The van der Waals surface area contributed by atoms with Crippen molar-refractivity contribution in [3.8, 4) is 0 Å². The lowest BCUT2D eigenvalue weighted by molar-refractivity contribution is 0.0948. The number of pyridine rings is 1. The second-order valence-corrected chi connectivity index (χ2v) is 5.73. The highest BCUT2D eigenvalue weighted by molar-refractivity contribution is 9.10. The number of carbonyl (C=O) groups is 1. The van der Waals surface area contributed by atoms with Gasteiger partial charge in [-0.05, 0) is 41.4 Å². The van der Waals surface area contributed by atoms with Gasteiger partial charge in [0.25, 0.3) is 5.91 Å². The summed E-state index contributed by atoms with van der Waals surface area (Å²) in [5.41, 5.74) is 2.88. The van der Waals surface area contributed by atoms with Gasteiger partial charge in [0, 0.05) is 29.8 Å². The molecule has 0 aromatic carbocycles. The van der Waals surface area contributed by atoms with Crippen molar-refractivity contribution in [3.05, 3.63) is 22.3 Å². The lowest BCUT2D eigenvalue weighted by atomic mass is 10.2. The van der Waals surface area contributed by atoms with Crippen LogP contribution < -0.4 is 16.6 Å². The van der Waals surface area contributed by atoms with Gasteiger partial charge in [-0.1, -0.05) is 6.92 Å². The van der Waals surface area contributed by atoms with Gasteiger partial charge in [-0.25, -0.2) is 10.8 Å². The zero-order valence-corrected chi connectivity index (χ0v) is 13.1. The van der Waals surface area contributed by atoms with Crippen LogP contribution in [0.3, 0.4) is 0 Å². The zero-order valence-electron chi connectivity index (χ0n) is 11.5. The number of carbonyl (C=O) groups excluding carboxylic acids is 1. The lowest BCUT2D eigenvalue weighted by Crippen LogP contribution is -2.36. The van der Waals surface area contributed by atoms with Gasteiger partial charge in [0.2, 0.25) is 0 Å². The van der Waals surface area contributed by atoms with Crippen molar-refractivity contribution in [2.24, 2.45) is 5.84 Å². The third kappa shape index (κ3) is 3.91. The Hall–Kier alpha value is -1.18. The molecule has 0 unspecified atom stereocenters. The molecule has 2 rings (SSSR count). The number of rotatable bonds is 7. The van der Waals surface area contributed by atoms with Crippen molar-refractivity contribution in [1.82, 2.24) is 15.2 Å². The molecule has 0 radical (unpaired) electrons. The van der Waals surface area contributed by atoms with Crippen LogP contribution in [-0.4, -0.2) is 41.5 Å². The van der Waals surface area contributed by atoms with Gasteiger partial charge in [0.05, 0.1) is 5.56 Å². The Labute approximate surface area is 127 Å². The van der Waals surface area contributed by atoms with Crippen LogP contribution in [-0.2, 0) is 0 Å². The van der Waals surface area contributed by atoms with E-state index in [1.165, 1.54) is 12.8 Å². The molecule has 1 heterocycles. The molecule has 0 spiro atoms.